The summed E-state index contributed by atoms with van der Waals surface area (Å²) in [7, 11) is 0. The first-order chi connectivity index (χ1) is 29.5. The smallest absolute Gasteiger partial charge is 0.306 e. The molecule has 0 amide bonds. The van der Waals surface area contributed by atoms with Crippen LogP contribution in [0.4, 0.5) is 0 Å². The summed E-state index contributed by atoms with van der Waals surface area (Å²) in [6.45, 7) is 6.28. The molecular weight excluding hydrogens is 745 g/mol. The van der Waals surface area contributed by atoms with Gasteiger partial charge in [0.25, 0.3) is 0 Å². The molecule has 0 bridgehead atoms. The summed E-state index contributed by atoms with van der Waals surface area (Å²) in [6.07, 6.45) is 62.6. The highest BCUT2D eigenvalue weighted by molar-refractivity contribution is 5.71. The van der Waals surface area contributed by atoms with Crippen LogP contribution < -0.4 is 0 Å². The van der Waals surface area contributed by atoms with Crippen molar-refractivity contribution in [2.24, 2.45) is 0 Å². The van der Waals surface area contributed by atoms with Crippen molar-refractivity contribution in [3.8, 4) is 0 Å². The summed E-state index contributed by atoms with van der Waals surface area (Å²) in [5, 5.41) is 0. The normalized spacial score (nSPS) is 12.9. The van der Waals surface area contributed by atoms with Crippen LogP contribution in [0.2, 0.25) is 0 Å². The molecule has 1 atom stereocenters. The van der Waals surface area contributed by atoms with Gasteiger partial charge >= 0.3 is 17.9 Å². The van der Waals surface area contributed by atoms with Gasteiger partial charge < -0.3 is 14.2 Å². The van der Waals surface area contributed by atoms with E-state index < -0.39 is 6.10 Å². The number of carbonyl (C=O) groups is 3. The predicted molar refractivity (Wildman–Crippen MR) is 256 cm³/mol. The topological polar surface area (TPSA) is 78.9 Å². The van der Waals surface area contributed by atoms with Gasteiger partial charge in [-0.3, -0.25) is 14.4 Å². The first-order valence-electron chi connectivity index (χ1n) is 24.3. The lowest BCUT2D eigenvalue weighted by Crippen LogP contribution is -2.30. The Kier molecular flexibility index (Phi) is 45.1. The number of ether oxygens (including phenoxy) is 3. The highest BCUT2D eigenvalue weighted by Crippen LogP contribution is 2.13. The molecule has 0 spiro atoms. The van der Waals surface area contributed by atoms with Crippen molar-refractivity contribution in [2.75, 3.05) is 13.2 Å². The Morgan fingerprint density at radius 2 is 0.767 bits per heavy atom. The van der Waals surface area contributed by atoms with Crippen LogP contribution in [0.5, 0.6) is 0 Å². The van der Waals surface area contributed by atoms with E-state index in [1.54, 1.807) is 0 Å². The van der Waals surface area contributed by atoms with E-state index in [0.29, 0.717) is 12.8 Å². The minimum atomic E-state index is -0.816. The van der Waals surface area contributed by atoms with Crippen LogP contribution in [0.15, 0.2) is 97.2 Å². The Hall–Kier alpha value is -3.67. The average molecular weight is 833 g/mol. The van der Waals surface area contributed by atoms with Crippen molar-refractivity contribution in [1.29, 1.82) is 0 Å². The van der Waals surface area contributed by atoms with E-state index >= 15 is 0 Å². The zero-order valence-electron chi connectivity index (χ0n) is 38.7. The third-order valence-electron chi connectivity index (χ3n) is 9.88. The van der Waals surface area contributed by atoms with E-state index in [-0.39, 0.29) is 44.0 Å². The van der Waals surface area contributed by atoms with Gasteiger partial charge in [-0.1, -0.05) is 195 Å². The molecule has 0 radical (unpaired) electrons. The fraction of sp³-hybridized carbons (Fsp3) is 0.648. The Morgan fingerprint density at radius 1 is 0.367 bits per heavy atom. The van der Waals surface area contributed by atoms with Gasteiger partial charge in [-0.2, -0.15) is 0 Å². The van der Waals surface area contributed by atoms with Crippen molar-refractivity contribution in [2.45, 2.75) is 213 Å². The van der Waals surface area contributed by atoms with Crippen LogP contribution in [0, 0.1) is 0 Å². The van der Waals surface area contributed by atoms with Crippen LogP contribution in [0.3, 0.4) is 0 Å². The summed E-state index contributed by atoms with van der Waals surface area (Å²) < 4.78 is 16.7. The lowest BCUT2D eigenvalue weighted by Gasteiger charge is -2.18. The maximum atomic E-state index is 12.8. The first kappa shape index (κ1) is 56.3. The van der Waals surface area contributed by atoms with Gasteiger partial charge in [0, 0.05) is 19.3 Å². The number of rotatable bonds is 42. The molecule has 0 rings (SSSR count). The molecule has 6 nitrogen and oxygen atoms in total. The molecule has 0 aromatic rings. The number of carbonyl (C=O) groups excluding carboxylic acids is 3. The maximum Gasteiger partial charge on any atom is 0.306 e. The van der Waals surface area contributed by atoms with E-state index in [4.69, 9.17) is 14.2 Å². The lowest BCUT2D eigenvalue weighted by atomic mass is 10.1. The predicted octanol–water partition coefficient (Wildman–Crippen LogP) is 15.8. The van der Waals surface area contributed by atoms with Gasteiger partial charge in [-0.05, 0) is 89.9 Å². The van der Waals surface area contributed by atoms with Crippen molar-refractivity contribution < 1.29 is 28.6 Å². The highest BCUT2D eigenvalue weighted by atomic mass is 16.6. The Morgan fingerprint density at radius 3 is 1.30 bits per heavy atom. The van der Waals surface area contributed by atoms with Gasteiger partial charge in [0.1, 0.15) is 13.2 Å². The van der Waals surface area contributed by atoms with Crippen molar-refractivity contribution >= 4 is 17.9 Å². The Labute approximate surface area is 368 Å². The largest absolute Gasteiger partial charge is 0.462 e. The second kappa shape index (κ2) is 48.0. The molecule has 60 heavy (non-hydrogen) atoms. The quantitative estimate of drug-likeness (QED) is 0.0200. The molecule has 0 aliphatic heterocycles. The van der Waals surface area contributed by atoms with Crippen LogP contribution in [0.1, 0.15) is 207 Å². The summed E-state index contributed by atoms with van der Waals surface area (Å²) in [5.41, 5.74) is 0. The molecule has 0 heterocycles. The van der Waals surface area contributed by atoms with Gasteiger partial charge in [-0.15, -0.1) is 0 Å². The molecule has 0 fully saturated rings. The monoisotopic (exact) mass is 833 g/mol. The van der Waals surface area contributed by atoms with Crippen LogP contribution >= 0.6 is 0 Å². The third kappa shape index (κ3) is 45.4. The minimum absolute atomic E-state index is 0.112. The SMILES string of the molecule is CC\C=C/C=C\C=C/CCCCCCCCCC(=O)OCC(COC(=O)CC/C=C\C/C=C\CCCCCCCC)OC(=O)CCCCCC/C=C\C/C=C\C/C=C\CC. The van der Waals surface area contributed by atoms with Crippen LogP contribution in [-0.2, 0) is 28.6 Å². The van der Waals surface area contributed by atoms with E-state index in [1.807, 2.05) is 6.08 Å². The fourth-order valence-corrected chi connectivity index (χ4v) is 6.27. The van der Waals surface area contributed by atoms with Crippen molar-refractivity contribution in [3.05, 3.63) is 97.2 Å². The number of unbranched alkanes of at least 4 members (excludes halogenated alkanes) is 17. The maximum absolute atomic E-state index is 12.8. The lowest BCUT2D eigenvalue weighted by molar-refractivity contribution is -0.166. The fourth-order valence-electron chi connectivity index (χ4n) is 6.27. The minimum Gasteiger partial charge on any atom is -0.462 e. The molecule has 0 aromatic heterocycles. The average Bonchev–Trinajstić information content (AvgIpc) is 3.24. The van der Waals surface area contributed by atoms with Gasteiger partial charge in [0.15, 0.2) is 6.10 Å². The van der Waals surface area contributed by atoms with Crippen LogP contribution in [-0.4, -0.2) is 37.2 Å². The van der Waals surface area contributed by atoms with Gasteiger partial charge in [0.2, 0.25) is 0 Å². The van der Waals surface area contributed by atoms with E-state index in [2.05, 4.69) is 112 Å². The highest BCUT2D eigenvalue weighted by Gasteiger charge is 2.19. The number of hydrogen-bond donors (Lipinski definition) is 0. The second-order valence-electron chi connectivity index (χ2n) is 15.7. The summed E-state index contributed by atoms with van der Waals surface area (Å²) in [5.74, 6) is -1.02. The molecule has 0 aliphatic rings. The summed E-state index contributed by atoms with van der Waals surface area (Å²) >= 11 is 0. The number of hydrogen-bond acceptors (Lipinski definition) is 6. The molecule has 1 unspecified atom stereocenters. The third-order valence-corrected chi connectivity index (χ3v) is 9.88. The van der Waals surface area contributed by atoms with Crippen molar-refractivity contribution in [1.82, 2.24) is 0 Å². The number of esters is 3. The molecule has 0 aliphatic carbocycles. The second-order valence-corrected chi connectivity index (χ2v) is 15.7. The molecule has 0 aromatic carbocycles. The van der Waals surface area contributed by atoms with Crippen LogP contribution in [0.25, 0.3) is 0 Å². The Balaban J connectivity index is 4.52. The standard InChI is InChI=1S/C54H88O6/c1-4-7-10-13-16-19-22-25-27-30-32-35-38-41-44-47-53(56)59-50-51(49-58-52(55)46-43-40-37-34-31-28-24-21-18-15-12-9-6-3)60-54(57)48-45-42-39-36-33-29-26-23-20-17-14-11-8-5-2/h7-8,10-11,13,16-17,19-20,22,26,28-29,31,37,40,51H,4-6,9,12,14-15,18,21,23-25,27,30,32-36,38-39,41-50H2,1-3H3/b10-7-,11-8-,16-13-,20-17-,22-19-,29-26-,31-28-,40-37-. The molecule has 0 N–H and O–H groups in total. The molecule has 0 saturated heterocycles. The first-order valence-corrected chi connectivity index (χ1v) is 24.3. The zero-order valence-corrected chi connectivity index (χ0v) is 38.7. The summed E-state index contributed by atoms with van der Waals surface area (Å²) in [4.78, 5) is 37.8. The summed E-state index contributed by atoms with van der Waals surface area (Å²) in [6, 6.07) is 0. The van der Waals surface area contributed by atoms with E-state index in [1.165, 1.54) is 64.2 Å². The number of allylic oxidation sites excluding steroid dienone is 16. The molecular formula is C54H88O6. The molecule has 340 valence electrons. The molecule has 0 saturated carbocycles. The van der Waals surface area contributed by atoms with Gasteiger partial charge in [0.05, 0.1) is 0 Å². The molecule has 6 heteroatoms. The van der Waals surface area contributed by atoms with E-state index in [9.17, 15) is 14.4 Å². The van der Waals surface area contributed by atoms with Gasteiger partial charge in [-0.25, -0.2) is 0 Å². The Bertz CT molecular complexity index is 1230. The zero-order chi connectivity index (χ0) is 43.7. The van der Waals surface area contributed by atoms with E-state index in [0.717, 1.165) is 96.3 Å². The van der Waals surface area contributed by atoms with Crippen molar-refractivity contribution in [3.63, 3.8) is 0 Å².